The van der Waals surface area contributed by atoms with E-state index in [0.717, 1.165) is 0 Å². The van der Waals surface area contributed by atoms with E-state index >= 15 is 0 Å². The van der Waals surface area contributed by atoms with Crippen LogP contribution in [0.25, 0.3) is 0 Å². The van der Waals surface area contributed by atoms with Gasteiger partial charge in [0.25, 0.3) is 0 Å². The minimum absolute atomic E-state index is 0.419. The van der Waals surface area contributed by atoms with Crippen molar-refractivity contribution in [3.05, 3.63) is 35.9 Å². The van der Waals surface area contributed by atoms with E-state index in [0.29, 0.717) is 17.1 Å². The van der Waals surface area contributed by atoms with Crippen LogP contribution >= 0.6 is 12.6 Å². The Kier molecular flexibility index (Phi) is 3.86. The van der Waals surface area contributed by atoms with Crippen LogP contribution in [0.5, 0.6) is 0 Å². The van der Waals surface area contributed by atoms with Gasteiger partial charge < -0.3 is 0 Å². The van der Waals surface area contributed by atoms with Crippen molar-refractivity contribution in [2.75, 3.05) is 0 Å². The summed E-state index contributed by atoms with van der Waals surface area (Å²) < 4.78 is 0. The summed E-state index contributed by atoms with van der Waals surface area (Å²) in [5, 5.41) is 0.419. The molecule has 0 aliphatic rings. The lowest BCUT2D eigenvalue weighted by atomic mass is 9.86. The SMILES string of the molecule is CC(C)C(c1ccccc1)C(C)S. The van der Waals surface area contributed by atoms with E-state index in [-0.39, 0.29) is 0 Å². The quantitative estimate of drug-likeness (QED) is 0.696. The van der Waals surface area contributed by atoms with Gasteiger partial charge in [-0.15, -0.1) is 0 Å². The fraction of sp³-hybridized carbons (Fsp3) is 0.500. The van der Waals surface area contributed by atoms with Crippen molar-refractivity contribution >= 4 is 12.6 Å². The van der Waals surface area contributed by atoms with Crippen LogP contribution in [0, 0.1) is 5.92 Å². The summed E-state index contributed by atoms with van der Waals surface area (Å²) in [4.78, 5) is 0. The van der Waals surface area contributed by atoms with Gasteiger partial charge in [0.15, 0.2) is 0 Å². The average Bonchev–Trinajstić information content (AvgIpc) is 2.04. The maximum absolute atomic E-state index is 4.54. The molecule has 0 aliphatic carbocycles. The van der Waals surface area contributed by atoms with Crippen LogP contribution < -0.4 is 0 Å². The highest BCUT2D eigenvalue weighted by atomic mass is 32.1. The van der Waals surface area contributed by atoms with Crippen molar-refractivity contribution in [1.29, 1.82) is 0 Å². The van der Waals surface area contributed by atoms with Gasteiger partial charge >= 0.3 is 0 Å². The molecule has 0 N–H and O–H groups in total. The van der Waals surface area contributed by atoms with Crippen molar-refractivity contribution in [2.45, 2.75) is 31.9 Å². The molecule has 0 saturated carbocycles. The van der Waals surface area contributed by atoms with E-state index < -0.39 is 0 Å². The molecule has 0 aliphatic heterocycles. The van der Waals surface area contributed by atoms with E-state index in [2.05, 4.69) is 63.7 Å². The molecule has 1 heteroatoms. The van der Waals surface area contributed by atoms with Crippen molar-refractivity contribution in [3.63, 3.8) is 0 Å². The van der Waals surface area contributed by atoms with Crippen molar-refractivity contribution in [2.24, 2.45) is 5.92 Å². The summed E-state index contributed by atoms with van der Waals surface area (Å²) in [5.74, 6) is 1.21. The fourth-order valence-corrected chi connectivity index (χ4v) is 2.41. The van der Waals surface area contributed by atoms with Crippen LogP contribution in [-0.4, -0.2) is 5.25 Å². The van der Waals surface area contributed by atoms with Crippen molar-refractivity contribution in [3.8, 4) is 0 Å². The van der Waals surface area contributed by atoms with Crippen molar-refractivity contribution < 1.29 is 0 Å². The van der Waals surface area contributed by atoms with E-state index in [1.54, 1.807) is 0 Å². The Labute approximate surface area is 86.8 Å². The minimum Gasteiger partial charge on any atom is -0.176 e. The first-order valence-corrected chi connectivity index (χ1v) is 5.37. The smallest absolute Gasteiger partial charge is 0.00596 e. The largest absolute Gasteiger partial charge is 0.176 e. The summed E-state index contributed by atoms with van der Waals surface area (Å²) in [5.41, 5.74) is 1.40. The maximum Gasteiger partial charge on any atom is 0.00596 e. The van der Waals surface area contributed by atoms with Gasteiger partial charge in [-0.25, -0.2) is 0 Å². The summed E-state index contributed by atoms with van der Waals surface area (Å²) in [6, 6.07) is 10.6. The molecule has 1 rings (SSSR count). The molecule has 0 bridgehead atoms. The van der Waals surface area contributed by atoms with Gasteiger partial charge in [-0.1, -0.05) is 51.1 Å². The van der Waals surface area contributed by atoms with Crippen molar-refractivity contribution in [1.82, 2.24) is 0 Å². The third-order valence-electron chi connectivity index (χ3n) is 2.42. The standard InChI is InChI=1S/C12H18S/c1-9(2)12(10(3)13)11-7-5-4-6-8-11/h4-10,12-13H,1-3H3. The van der Waals surface area contributed by atoms with Crippen LogP contribution in [0.1, 0.15) is 32.3 Å². The maximum atomic E-state index is 4.54. The van der Waals surface area contributed by atoms with Gasteiger partial charge in [0.2, 0.25) is 0 Å². The van der Waals surface area contributed by atoms with Crippen LogP contribution in [0.15, 0.2) is 30.3 Å². The van der Waals surface area contributed by atoms with Gasteiger partial charge in [0, 0.05) is 5.25 Å². The molecular weight excluding hydrogens is 176 g/mol. The zero-order chi connectivity index (χ0) is 9.84. The zero-order valence-electron chi connectivity index (χ0n) is 8.57. The Morgan fingerprint density at radius 3 is 1.92 bits per heavy atom. The lowest BCUT2D eigenvalue weighted by molar-refractivity contribution is 0.496. The first-order valence-electron chi connectivity index (χ1n) is 4.86. The normalized spacial score (nSPS) is 15.8. The predicted molar refractivity (Wildman–Crippen MR) is 62.5 cm³/mol. The first kappa shape index (κ1) is 10.6. The number of thiol groups is 1. The molecule has 0 spiro atoms. The van der Waals surface area contributed by atoms with Gasteiger partial charge in [-0.2, -0.15) is 12.6 Å². The minimum atomic E-state index is 0.419. The summed E-state index contributed by atoms with van der Waals surface area (Å²) in [7, 11) is 0. The molecule has 2 atom stereocenters. The molecular formula is C12H18S. The van der Waals surface area contributed by atoms with Gasteiger partial charge in [0.05, 0.1) is 0 Å². The molecule has 1 aromatic rings. The molecule has 0 amide bonds. The van der Waals surface area contributed by atoms with Crippen LogP contribution in [-0.2, 0) is 0 Å². The molecule has 0 radical (unpaired) electrons. The highest BCUT2D eigenvalue weighted by Crippen LogP contribution is 2.30. The molecule has 0 heterocycles. The molecule has 72 valence electrons. The second-order valence-electron chi connectivity index (χ2n) is 3.92. The summed E-state index contributed by atoms with van der Waals surface area (Å²) in [6.07, 6.45) is 0. The first-order chi connectivity index (χ1) is 6.13. The number of benzene rings is 1. The molecule has 0 fully saturated rings. The highest BCUT2D eigenvalue weighted by Gasteiger charge is 2.19. The second kappa shape index (κ2) is 4.71. The van der Waals surface area contributed by atoms with Gasteiger partial charge in [0.1, 0.15) is 0 Å². The molecule has 0 aromatic heterocycles. The predicted octanol–water partition coefficient (Wildman–Crippen LogP) is 3.74. The lowest BCUT2D eigenvalue weighted by Crippen LogP contribution is -2.15. The van der Waals surface area contributed by atoms with Gasteiger partial charge in [-0.3, -0.25) is 0 Å². The average molecular weight is 194 g/mol. The van der Waals surface area contributed by atoms with Crippen LogP contribution in [0.3, 0.4) is 0 Å². The molecule has 13 heavy (non-hydrogen) atoms. The molecule has 2 unspecified atom stereocenters. The number of hydrogen-bond donors (Lipinski definition) is 1. The Bertz CT molecular complexity index is 231. The van der Waals surface area contributed by atoms with E-state index in [1.165, 1.54) is 5.56 Å². The topological polar surface area (TPSA) is 0 Å². The molecule has 0 saturated heterocycles. The van der Waals surface area contributed by atoms with E-state index in [1.807, 2.05) is 0 Å². The molecule has 0 nitrogen and oxygen atoms in total. The third kappa shape index (κ3) is 2.77. The Hall–Kier alpha value is -0.430. The van der Waals surface area contributed by atoms with Gasteiger partial charge in [-0.05, 0) is 17.4 Å². The number of hydrogen-bond acceptors (Lipinski definition) is 1. The second-order valence-corrected chi connectivity index (χ2v) is 4.74. The summed E-state index contributed by atoms with van der Waals surface area (Å²) in [6.45, 7) is 6.68. The Morgan fingerprint density at radius 2 is 1.54 bits per heavy atom. The highest BCUT2D eigenvalue weighted by molar-refractivity contribution is 7.81. The Morgan fingerprint density at radius 1 is 1.00 bits per heavy atom. The van der Waals surface area contributed by atoms with E-state index in [9.17, 15) is 0 Å². The third-order valence-corrected chi connectivity index (χ3v) is 2.74. The monoisotopic (exact) mass is 194 g/mol. The zero-order valence-corrected chi connectivity index (χ0v) is 9.46. The van der Waals surface area contributed by atoms with E-state index in [4.69, 9.17) is 0 Å². The summed E-state index contributed by atoms with van der Waals surface area (Å²) >= 11 is 4.54. The lowest BCUT2D eigenvalue weighted by Gasteiger charge is -2.24. The Balaban J connectivity index is 2.89. The number of rotatable bonds is 3. The molecule has 1 aromatic carbocycles. The van der Waals surface area contributed by atoms with Crippen LogP contribution in [0.4, 0.5) is 0 Å². The van der Waals surface area contributed by atoms with Crippen LogP contribution in [0.2, 0.25) is 0 Å². The fourth-order valence-electron chi connectivity index (χ4n) is 1.90.